The van der Waals surface area contributed by atoms with Crippen molar-refractivity contribution in [2.45, 2.75) is 44.9 Å². The molecule has 158 valence electrons. The summed E-state index contributed by atoms with van der Waals surface area (Å²) in [7, 11) is 0. The number of hydrogen-bond donors (Lipinski definition) is 3. The lowest BCUT2D eigenvalue weighted by molar-refractivity contribution is -0.156. The molecule has 4 N–H and O–H groups in total. The summed E-state index contributed by atoms with van der Waals surface area (Å²) >= 11 is 1.35. The Kier molecular flexibility index (Phi) is 7.55. The number of hydrogen-bond acceptors (Lipinski definition) is 6. The molecule has 2 rings (SSSR count). The highest BCUT2D eigenvalue weighted by Crippen LogP contribution is 2.20. The second kappa shape index (κ2) is 9.69. The van der Waals surface area contributed by atoms with Gasteiger partial charge >= 0.3 is 12.1 Å². The lowest BCUT2D eigenvalue weighted by atomic mass is 10.1. The molecular formula is C20H27N3O5S. The van der Waals surface area contributed by atoms with Gasteiger partial charge in [-0.25, -0.2) is 9.59 Å². The third-order valence-corrected chi connectivity index (χ3v) is 4.63. The zero-order valence-electron chi connectivity index (χ0n) is 17.0. The topological polar surface area (TPSA) is 124 Å². The number of nitrogens with one attached hydrogen (secondary N) is 2. The molecule has 0 fully saturated rings. The third kappa shape index (κ3) is 6.70. The number of nitrogens with two attached hydrogens (primary N) is 1. The number of ether oxygens (including phenoxy) is 2. The van der Waals surface area contributed by atoms with E-state index in [1.807, 2.05) is 24.3 Å². The predicted octanol–water partition coefficient (Wildman–Crippen LogP) is 2.36. The maximum absolute atomic E-state index is 12.6. The summed E-state index contributed by atoms with van der Waals surface area (Å²) in [5.74, 6) is -1.24. The van der Waals surface area contributed by atoms with Crippen LogP contribution in [0.25, 0.3) is 10.9 Å². The number of carbonyl (C=O) groups is 3. The van der Waals surface area contributed by atoms with E-state index in [2.05, 4.69) is 10.3 Å². The molecule has 1 aromatic heterocycles. The summed E-state index contributed by atoms with van der Waals surface area (Å²) in [6.45, 7) is 5.16. The van der Waals surface area contributed by atoms with Crippen LogP contribution in [0, 0.1) is 0 Å². The van der Waals surface area contributed by atoms with E-state index in [0.29, 0.717) is 0 Å². The van der Waals surface area contributed by atoms with Gasteiger partial charge in [0, 0.05) is 29.3 Å². The van der Waals surface area contributed by atoms with Crippen molar-refractivity contribution in [1.82, 2.24) is 10.3 Å². The van der Waals surface area contributed by atoms with Crippen molar-refractivity contribution in [3.05, 3.63) is 36.0 Å². The van der Waals surface area contributed by atoms with E-state index >= 15 is 0 Å². The second-order valence-corrected chi connectivity index (χ2v) is 8.46. The molecule has 2 amide bonds. The van der Waals surface area contributed by atoms with Crippen molar-refractivity contribution < 1.29 is 23.9 Å². The van der Waals surface area contributed by atoms with Gasteiger partial charge in [0.1, 0.15) is 11.6 Å². The minimum absolute atomic E-state index is 0.128. The Balaban J connectivity index is 2.09. The van der Waals surface area contributed by atoms with Crippen molar-refractivity contribution in [3.8, 4) is 0 Å². The fourth-order valence-corrected chi connectivity index (χ4v) is 3.26. The normalized spacial score (nSPS) is 13.5. The standard InChI is InChI=1S/C20H27N3O5S/c1-20(2,3)28-19(26)23-15(11-29-4)18(25)27-16(17(21)24)9-12-10-22-14-8-6-5-7-13(12)14/h5-8,10,15-16,22H,9,11H2,1-4H3,(H2,21,24)(H,23,26)/t15-,16-/m0/s1. The molecule has 0 bridgehead atoms. The fraction of sp³-hybridized carbons (Fsp3) is 0.450. The van der Waals surface area contributed by atoms with Crippen LogP contribution in [0.3, 0.4) is 0 Å². The summed E-state index contributed by atoms with van der Waals surface area (Å²) in [5, 5.41) is 3.41. The Hall–Kier alpha value is -2.68. The molecular weight excluding hydrogens is 394 g/mol. The van der Waals surface area contributed by atoms with Gasteiger partial charge in [0.15, 0.2) is 6.10 Å². The number of fused-ring (bicyclic) bond motifs is 1. The zero-order chi connectivity index (χ0) is 21.6. The van der Waals surface area contributed by atoms with Gasteiger partial charge in [-0.2, -0.15) is 11.8 Å². The highest BCUT2D eigenvalue weighted by Gasteiger charge is 2.29. The molecule has 29 heavy (non-hydrogen) atoms. The molecule has 1 heterocycles. The van der Waals surface area contributed by atoms with Crippen LogP contribution in [-0.2, 0) is 25.5 Å². The molecule has 0 spiro atoms. The number of aromatic nitrogens is 1. The molecule has 8 nitrogen and oxygen atoms in total. The van der Waals surface area contributed by atoms with Gasteiger partial charge in [-0.1, -0.05) is 18.2 Å². The van der Waals surface area contributed by atoms with E-state index in [9.17, 15) is 14.4 Å². The Morgan fingerprint density at radius 1 is 1.24 bits per heavy atom. The van der Waals surface area contributed by atoms with Crippen molar-refractivity contribution >= 4 is 40.6 Å². The number of alkyl carbamates (subject to hydrolysis) is 1. The maximum atomic E-state index is 12.6. The SMILES string of the molecule is CSC[C@H](NC(=O)OC(C)(C)C)C(=O)O[C@@H](Cc1c[nH]c2ccccc12)C(N)=O. The minimum atomic E-state index is -1.16. The number of para-hydroxylation sites is 1. The first kappa shape index (κ1) is 22.6. The number of primary amides is 1. The maximum Gasteiger partial charge on any atom is 0.408 e. The summed E-state index contributed by atoms with van der Waals surface area (Å²) in [6.07, 6.45) is 1.78. The van der Waals surface area contributed by atoms with E-state index in [1.165, 1.54) is 11.8 Å². The number of amides is 2. The quantitative estimate of drug-likeness (QED) is 0.562. The molecule has 0 aliphatic heterocycles. The van der Waals surface area contributed by atoms with Crippen molar-refractivity contribution in [1.29, 1.82) is 0 Å². The first-order valence-electron chi connectivity index (χ1n) is 9.14. The average Bonchev–Trinajstić information content (AvgIpc) is 3.02. The molecule has 0 radical (unpaired) electrons. The third-order valence-electron chi connectivity index (χ3n) is 3.96. The monoisotopic (exact) mass is 421 g/mol. The van der Waals surface area contributed by atoms with Gasteiger partial charge in [-0.3, -0.25) is 4.79 Å². The molecule has 0 unspecified atom stereocenters. The Bertz CT molecular complexity index is 874. The van der Waals surface area contributed by atoms with Crippen molar-refractivity contribution in [2.24, 2.45) is 5.73 Å². The van der Waals surface area contributed by atoms with Crippen LogP contribution in [0.5, 0.6) is 0 Å². The van der Waals surface area contributed by atoms with Crippen LogP contribution in [0.1, 0.15) is 26.3 Å². The Morgan fingerprint density at radius 3 is 2.55 bits per heavy atom. The molecule has 2 aromatic rings. The molecule has 0 aliphatic carbocycles. The van der Waals surface area contributed by atoms with Gasteiger partial charge in [0.05, 0.1) is 0 Å². The number of thioether (sulfide) groups is 1. The van der Waals surface area contributed by atoms with Crippen LogP contribution in [0.4, 0.5) is 4.79 Å². The highest BCUT2D eigenvalue weighted by molar-refractivity contribution is 7.98. The summed E-state index contributed by atoms with van der Waals surface area (Å²) in [4.78, 5) is 39.7. The molecule has 9 heteroatoms. The van der Waals surface area contributed by atoms with Gasteiger partial charge in [0.25, 0.3) is 5.91 Å². The lowest BCUT2D eigenvalue weighted by Gasteiger charge is -2.23. The van der Waals surface area contributed by atoms with Crippen LogP contribution < -0.4 is 11.1 Å². The van der Waals surface area contributed by atoms with Gasteiger partial charge in [0.2, 0.25) is 0 Å². The predicted molar refractivity (Wildman–Crippen MR) is 113 cm³/mol. The molecule has 2 atom stereocenters. The minimum Gasteiger partial charge on any atom is -0.450 e. The highest BCUT2D eigenvalue weighted by atomic mass is 32.2. The summed E-state index contributed by atoms with van der Waals surface area (Å²) < 4.78 is 10.6. The number of benzene rings is 1. The van der Waals surface area contributed by atoms with Crippen LogP contribution in [0.2, 0.25) is 0 Å². The number of rotatable bonds is 8. The first-order chi connectivity index (χ1) is 13.6. The Morgan fingerprint density at radius 2 is 1.93 bits per heavy atom. The average molecular weight is 422 g/mol. The first-order valence-corrected chi connectivity index (χ1v) is 10.5. The summed E-state index contributed by atoms with van der Waals surface area (Å²) in [6, 6.07) is 6.61. The number of carbonyl (C=O) groups excluding carboxylic acids is 3. The van der Waals surface area contributed by atoms with Crippen LogP contribution in [-0.4, -0.2) is 52.7 Å². The number of aromatic amines is 1. The van der Waals surface area contributed by atoms with E-state index in [-0.39, 0.29) is 12.2 Å². The molecule has 1 aromatic carbocycles. The van der Waals surface area contributed by atoms with Gasteiger partial charge in [-0.15, -0.1) is 0 Å². The number of H-pyrrole nitrogens is 1. The van der Waals surface area contributed by atoms with E-state index in [1.54, 1.807) is 33.2 Å². The van der Waals surface area contributed by atoms with Gasteiger partial charge < -0.3 is 25.5 Å². The molecule has 0 saturated carbocycles. The van der Waals surface area contributed by atoms with Crippen molar-refractivity contribution in [2.75, 3.05) is 12.0 Å². The van der Waals surface area contributed by atoms with E-state index in [4.69, 9.17) is 15.2 Å². The zero-order valence-corrected chi connectivity index (χ0v) is 17.8. The molecule has 0 aliphatic rings. The number of esters is 1. The smallest absolute Gasteiger partial charge is 0.408 e. The largest absolute Gasteiger partial charge is 0.450 e. The van der Waals surface area contributed by atoms with Crippen LogP contribution in [0.15, 0.2) is 30.5 Å². The second-order valence-electron chi connectivity index (χ2n) is 7.55. The van der Waals surface area contributed by atoms with Crippen molar-refractivity contribution in [3.63, 3.8) is 0 Å². The Labute approximate surface area is 173 Å². The fourth-order valence-electron chi connectivity index (χ4n) is 2.71. The van der Waals surface area contributed by atoms with Crippen LogP contribution >= 0.6 is 11.8 Å². The van der Waals surface area contributed by atoms with E-state index in [0.717, 1.165) is 16.5 Å². The van der Waals surface area contributed by atoms with Gasteiger partial charge in [-0.05, 0) is 38.7 Å². The van der Waals surface area contributed by atoms with E-state index < -0.39 is 35.7 Å². The summed E-state index contributed by atoms with van der Waals surface area (Å²) in [5.41, 5.74) is 6.47. The molecule has 0 saturated heterocycles. The lowest BCUT2D eigenvalue weighted by Crippen LogP contribution is -2.48.